The van der Waals surface area contributed by atoms with Crippen molar-refractivity contribution in [2.45, 2.75) is 38.6 Å². The summed E-state index contributed by atoms with van der Waals surface area (Å²) in [5.41, 5.74) is 1.07. The van der Waals surface area contributed by atoms with Gasteiger partial charge in [-0.05, 0) is 49.4 Å². The molecule has 3 aromatic heterocycles. The van der Waals surface area contributed by atoms with Crippen molar-refractivity contribution in [3.8, 4) is 10.8 Å². The summed E-state index contributed by atoms with van der Waals surface area (Å²) in [6.07, 6.45) is 3.08. The van der Waals surface area contributed by atoms with Crippen LogP contribution in [0.2, 0.25) is 0 Å². The van der Waals surface area contributed by atoms with E-state index in [-0.39, 0.29) is 5.91 Å². The summed E-state index contributed by atoms with van der Waals surface area (Å²) in [6.45, 7) is 5.32. The Morgan fingerprint density at radius 1 is 1.24 bits per heavy atom. The second kappa shape index (κ2) is 10.1. The number of fused-ring (bicyclic) bond motifs is 1. The molecule has 4 aromatic rings. The van der Waals surface area contributed by atoms with Crippen LogP contribution < -0.4 is 0 Å². The first-order chi connectivity index (χ1) is 16.2. The van der Waals surface area contributed by atoms with Gasteiger partial charge in [0.05, 0.1) is 33.2 Å². The van der Waals surface area contributed by atoms with E-state index in [9.17, 15) is 4.79 Å². The average molecular weight is 482 g/mol. The predicted molar refractivity (Wildman–Crippen MR) is 131 cm³/mol. The third kappa shape index (κ3) is 5.15. The van der Waals surface area contributed by atoms with Crippen LogP contribution >= 0.6 is 22.7 Å². The molecule has 1 saturated heterocycles. The molecule has 5 rings (SSSR count). The fraction of sp³-hybridized carbons (Fsp3) is 0.417. The Balaban J connectivity index is 1.22. The number of rotatable bonds is 8. The van der Waals surface area contributed by atoms with Crippen LogP contribution in [0.5, 0.6) is 0 Å². The lowest BCUT2D eigenvalue weighted by atomic mass is 9.98. The lowest BCUT2D eigenvalue weighted by molar-refractivity contribution is -0.133. The van der Waals surface area contributed by atoms with Crippen LogP contribution in [0, 0.1) is 0 Å². The molecule has 1 fully saturated rings. The van der Waals surface area contributed by atoms with Crippen molar-refractivity contribution in [3.05, 3.63) is 52.7 Å². The van der Waals surface area contributed by atoms with Crippen molar-refractivity contribution in [2.24, 2.45) is 0 Å². The molecule has 0 aliphatic carbocycles. The fourth-order valence-corrected chi connectivity index (χ4v) is 6.04. The van der Waals surface area contributed by atoms with E-state index in [0.717, 1.165) is 42.7 Å². The van der Waals surface area contributed by atoms with Gasteiger partial charge in [-0.3, -0.25) is 9.69 Å². The molecule has 4 heterocycles. The van der Waals surface area contributed by atoms with Gasteiger partial charge in [-0.2, -0.15) is 0 Å². The van der Waals surface area contributed by atoms with Crippen LogP contribution in [0.1, 0.15) is 43.0 Å². The van der Waals surface area contributed by atoms with Gasteiger partial charge < -0.3 is 9.32 Å². The van der Waals surface area contributed by atoms with E-state index < -0.39 is 0 Å². The highest BCUT2D eigenvalue weighted by molar-refractivity contribution is 7.18. The molecule has 0 saturated carbocycles. The SMILES string of the molecule is CCCN(Cc1nnc(-c2cccs2)o1)C(=O)CN1CCC[C@H](c2nc3ccccc3s2)C1. The van der Waals surface area contributed by atoms with Crippen LogP contribution in [-0.2, 0) is 11.3 Å². The van der Waals surface area contributed by atoms with E-state index in [2.05, 4.69) is 40.2 Å². The van der Waals surface area contributed by atoms with Gasteiger partial charge in [0.1, 0.15) is 0 Å². The number of amides is 1. The van der Waals surface area contributed by atoms with E-state index in [1.165, 1.54) is 9.71 Å². The van der Waals surface area contributed by atoms with Crippen molar-refractivity contribution in [1.29, 1.82) is 0 Å². The normalized spacial score (nSPS) is 16.9. The number of piperidine rings is 1. The second-order valence-corrected chi connectivity index (χ2v) is 10.4. The standard InChI is InChI=1S/C24H27N5O2S2/c1-2-11-29(15-21-26-27-23(31-21)20-10-6-13-32-20)22(30)16-28-12-5-7-17(14-28)24-25-18-8-3-4-9-19(18)33-24/h3-4,6,8-10,13,17H,2,5,7,11-12,14-16H2,1H3/t17-/m0/s1. The van der Waals surface area contributed by atoms with Crippen LogP contribution in [-0.4, -0.2) is 57.1 Å². The monoisotopic (exact) mass is 481 g/mol. The van der Waals surface area contributed by atoms with Gasteiger partial charge in [-0.25, -0.2) is 4.98 Å². The molecule has 1 amide bonds. The molecule has 0 N–H and O–H groups in total. The largest absolute Gasteiger partial charge is 0.418 e. The molecule has 0 unspecified atom stereocenters. The number of carbonyl (C=O) groups is 1. The van der Waals surface area contributed by atoms with Crippen molar-refractivity contribution in [2.75, 3.05) is 26.2 Å². The minimum atomic E-state index is 0.109. The zero-order valence-electron chi connectivity index (χ0n) is 18.6. The molecular weight excluding hydrogens is 454 g/mol. The van der Waals surface area contributed by atoms with Crippen LogP contribution in [0.15, 0.2) is 46.2 Å². The van der Waals surface area contributed by atoms with E-state index in [4.69, 9.17) is 9.40 Å². The molecule has 7 nitrogen and oxygen atoms in total. The lowest BCUT2D eigenvalue weighted by Crippen LogP contribution is -2.43. The number of para-hydroxylation sites is 1. The first kappa shape index (κ1) is 22.2. The summed E-state index contributed by atoms with van der Waals surface area (Å²) in [6, 6.07) is 12.2. The van der Waals surface area contributed by atoms with Crippen LogP contribution in [0.4, 0.5) is 0 Å². The number of likely N-dealkylation sites (tertiary alicyclic amines) is 1. The van der Waals surface area contributed by atoms with Crippen molar-refractivity contribution >= 4 is 38.8 Å². The highest BCUT2D eigenvalue weighted by Crippen LogP contribution is 2.33. The molecule has 1 aromatic carbocycles. The Morgan fingerprint density at radius 2 is 2.15 bits per heavy atom. The van der Waals surface area contributed by atoms with E-state index in [1.807, 2.05) is 28.5 Å². The zero-order valence-corrected chi connectivity index (χ0v) is 20.3. The van der Waals surface area contributed by atoms with Gasteiger partial charge in [0.25, 0.3) is 5.89 Å². The number of nitrogens with zero attached hydrogens (tertiary/aromatic N) is 5. The Hall–Kier alpha value is -2.62. The van der Waals surface area contributed by atoms with E-state index >= 15 is 0 Å². The molecule has 0 bridgehead atoms. The smallest absolute Gasteiger partial charge is 0.257 e. The van der Waals surface area contributed by atoms with Gasteiger partial charge in [0, 0.05) is 19.0 Å². The van der Waals surface area contributed by atoms with Crippen molar-refractivity contribution < 1.29 is 9.21 Å². The first-order valence-corrected chi connectivity index (χ1v) is 13.1. The fourth-order valence-electron chi connectivity index (χ4n) is 4.30. The molecule has 9 heteroatoms. The molecule has 1 atom stereocenters. The molecule has 0 spiro atoms. The van der Waals surface area contributed by atoms with Crippen molar-refractivity contribution in [1.82, 2.24) is 25.0 Å². The summed E-state index contributed by atoms with van der Waals surface area (Å²) < 4.78 is 7.06. The number of thiophene rings is 1. The number of aromatic nitrogens is 3. The maximum Gasteiger partial charge on any atom is 0.257 e. The zero-order chi connectivity index (χ0) is 22.6. The second-order valence-electron chi connectivity index (χ2n) is 8.39. The van der Waals surface area contributed by atoms with Crippen LogP contribution in [0.3, 0.4) is 0 Å². The maximum absolute atomic E-state index is 13.2. The highest BCUT2D eigenvalue weighted by Gasteiger charge is 2.27. The highest BCUT2D eigenvalue weighted by atomic mass is 32.1. The molecule has 1 aliphatic rings. The molecular formula is C24H27N5O2S2. The number of thiazole rings is 1. The number of benzene rings is 1. The Kier molecular flexibility index (Phi) is 6.80. The number of hydrogen-bond acceptors (Lipinski definition) is 8. The van der Waals surface area contributed by atoms with E-state index in [1.54, 1.807) is 22.7 Å². The summed E-state index contributed by atoms with van der Waals surface area (Å²) in [5.74, 6) is 1.48. The van der Waals surface area contributed by atoms with Crippen LogP contribution in [0.25, 0.3) is 21.0 Å². The van der Waals surface area contributed by atoms with Gasteiger partial charge in [0.15, 0.2) is 0 Å². The third-order valence-electron chi connectivity index (χ3n) is 5.90. The molecule has 0 radical (unpaired) electrons. The average Bonchev–Trinajstić information content (AvgIpc) is 3.59. The topological polar surface area (TPSA) is 75.4 Å². The summed E-state index contributed by atoms with van der Waals surface area (Å²) in [4.78, 5) is 23.1. The van der Waals surface area contributed by atoms with Crippen molar-refractivity contribution in [3.63, 3.8) is 0 Å². The van der Waals surface area contributed by atoms with Gasteiger partial charge >= 0.3 is 0 Å². The first-order valence-electron chi connectivity index (χ1n) is 11.4. The lowest BCUT2D eigenvalue weighted by Gasteiger charge is -2.32. The molecule has 1 aliphatic heterocycles. The molecule has 172 valence electrons. The minimum absolute atomic E-state index is 0.109. The van der Waals surface area contributed by atoms with Gasteiger partial charge in [-0.1, -0.05) is 25.1 Å². The summed E-state index contributed by atoms with van der Waals surface area (Å²) >= 11 is 3.34. The minimum Gasteiger partial charge on any atom is -0.418 e. The molecule has 33 heavy (non-hydrogen) atoms. The Bertz CT molecular complexity index is 1170. The Morgan fingerprint density at radius 3 is 2.97 bits per heavy atom. The van der Waals surface area contributed by atoms with E-state index in [0.29, 0.717) is 37.3 Å². The maximum atomic E-state index is 13.2. The number of hydrogen-bond donors (Lipinski definition) is 0. The number of carbonyl (C=O) groups excluding carboxylic acids is 1. The quantitative estimate of drug-likeness (QED) is 0.352. The predicted octanol–water partition coefficient (Wildman–Crippen LogP) is 5.03. The van der Waals surface area contributed by atoms with Gasteiger partial charge in [0.2, 0.25) is 11.8 Å². The Labute approximate surface area is 201 Å². The summed E-state index contributed by atoms with van der Waals surface area (Å²) in [5, 5.41) is 11.5. The van der Waals surface area contributed by atoms with Gasteiger partial charge in [-0.15, -0.1) is 32.9 Å². The third-order valence-corrected chi connectivity index (χ3v) is 7.95. The summed E-state index contributed by atoms with van der Waals surface area (Å²) in [7, 11) is 0.